The van der Waals surface area contributed by atoms with Crippen LogP contribution in [0.5, 0.6) is 0 Å². The third-order valence-electron chi connectivity index (χ3n) is 2.74. The molecule has 23 heavy (non-hydrogen) atoms. The normalized spacial score (nSPS) is 15.7. The van der Waals surface area contributed by atoms with Crippen LogP contribution >= 0.6 is 0 Å². The minimum atomic E-state index is -1.46. The fourth-order valence-electron chi connectivity index (χ4n) is 1.56. The number of carbonyl (C=O) groups is 4. The number of nitrogens with one attached hydrogen (secondary N) is 3. The lowest BCUT2D eigenvalue weighted by Crippen LogP contribution is -2.60. The number of nitrogens with two attached hydrogens (primary N) is 1. The highest BCUT2D eigenvalue weighted by Gasteiger charge is 2.31. The number of carboxylic acids is 1. The molecule has 0 saturated carbocycles. The number of aliphatic hydroxyl groups is 2. The molecule has 11 heteroatoms. The third kappa shape index (κ3) is 7.54. The van der Waals surface area contributed by atoms with Gasteiger partial charge in [0.2, 0.25) is 17.7 Å². The molecular weight excluding hydrogens is 312 g/mol. The Morgan fingerprint density at radius 3 is 1.83 bits per heavy atom. The minimum Gasteiger partial charge on any atom is -0.480 e. The smallest absolute Gasteiger partial charge is 0.322 e. The van der Waals surface area contributed by atoms with Crippen molar-refractivity contribution in [1.29, 1.82) is 0 Å². The number of carboxylic acid groups (broad SMARTS) is 1. The molecular formula is C12H22N4O7. The van der Waals surface area contributed by atoms with Gasteiger partial charge in [0.25, 0.3) is 0 Å². The Morgan fingerprint density at radius 2 is 1.43 bits per heavy atom. The monoisotopic (exact) mass is 334 g/mol. The fraction of sp³-hybridized carbons (Fsp3) is 0.667. The van der Waals surface area contributed by atoms with Gasteiger partial charge in [-0.3, -0.25) is 19.2 Å². The predicted molar refractivity (Wildman–Crippen MR) is 76.9 cm³/mol. The Kier molecular flexibility index (Phi) is 8.77. The van der Waals surface area contributed by atoms with Crippen LogP contribution in [0.15, 0.2) is 0 Å². The van der Waals surface area contributed by atoms with Gasteiger partial charge in [0.1, 0.15) is 18.6 Å². The van der Waals surface area contributed by atoms with Gasteiger partial charge in [0, 0.05) is 0 Å². The Bertz CT molecular complexity index is 453. The van der Waals surface area contributed by atoms with E-state index in [2.05, 4.69) is 10.6 Å². The summed E-state index contributed by atoms with van der Waals surface area (Å²) in [6, 6.07) is -2.85. The predicted octanol–water partition coefficient (Wildman–Crippen LogP) is -4.12. The van der Waals surface area contributed by atoms with Crippen molar-refractivity contribution in [1.82, 2.24) is 16.0 Å². The number of hydrogen-bond donors (Lipinski definition) is 7. The average molecular weight is 334 g/mol. The molecule has 0 saturated heterocycles. The Hall–Kier alpha value is -2.24. The molecule has 11 nitrogen and oxygen atoms in total. The lowest BCUT2D eigenvalue weighted by atomic mass is 10.1. The molecule has 0 heterocycles. The zero-order valence-corrected chi connectivity index (χ0v) is 12.8. The molecule has 132 valence electrons. The van der Waals surface area contributed by atoms with Crippen LogP contribution in [0.4, 0.5) is 0 Å². The van der Waals surface area contributed by atoms with Gasteiger partial charge in [-0.1, -0.05) is 0 Å². The molecule has 0 fully saturated rings. The summed E-state index contributed by atoms with van der Waals surface area (Å²) in [6.45, 7) is 1.35. The summed E-state index contributed by atoms with van der Waals surface area (Å²) in [6.07, 6.45) is -2.63. The summed E-state index contributed by atoms with van der Waals surface area (Å²) >= 11 is 0. The minimum absolute atomic E-state index is 0.407. The van der Waals surface area contributed by atoms with Gasteiger partial charge in [-0.05, 0) is 13.8 Å². The average Bonchev–Trinajstić information content (AvgIpc) is 2.46. The topological polar surface area (TPSA) is 191 Å². The Labute approximate surface area is 132 Å². The van der Waals surface area contributed by atoms with Crippen molar-refractivity contribution in [3.8, 4) is 0 Å². The van der Waals surface area contributed by atoms with Crippen LogP contribution in [0.1, 0.15) is 13.8 Å². The quantitative estimate of drug-likeness (QED) is 0.221. The van der Waals surface area contributed by atoms with Crippen molar-refractivity contribution in [2.75, 3.05) is 13.1 Å². The molecule has 0 aromatic carbocycles. The zero-order chi connectivity index (χ0) is 18.2. The Balaban J connectivity index is 4.96. The van der Waals surface area contributed by atoms with E-state index in [1.807, 2.05) is 5.32 Å². The van der Waals surface area contributed by atoms with Crippen LogP contribution in [0.25, 0.3) is 0 Å². The molecule has 0 aliphatic heterocycles. The van der Waals surface area contributed by atoms with Crippen molar-refractivity contribution in [3.63, 3.8) is 0 Å². The molecule has 0 bridgehead atoms. The fourth-order valence-corrected chi connectivity index (χ4v) is 1.56. The number of hydrogen-bond acceptors (Lipinski definition) is 7. The number of rotatable bonds is 9. The van der Waals surface area contributed by atoms with E-state index in [4.69, 9.17) is 10.8 Å². The second kappa shape index (κ2) is 9.71. The first-order valence-electron chi connectivity index (χ1n) is 6.75. The van der Waals surface area contributed by atoms with Crippen molar-refractivity contribution in [2.45, 2.75) is 38.1 Å². The lowest BCUT2D eigenvalue weighted by molar-refractivity contribution is -0.139. The van der Waals surface area contributed by atoms with E-state index in [9.17, 15) is 29.4 Å². The number of aliphatic hydroxyl groups excluding tert-OH is 2. The number of amides is 3. The van der Waals surface area contributed by atoms with Gasteiger partial charge >= 0.3 is 5.97 Å². The van der Waals surface area contributed by atoms with Gasteiger partial charge in [0.05, 0.1) is 18.8 Å². The molecule has 0 aliphatic carbocycles. The lowest BCUT2D eigenvalue weighted by Gasteiger charge is -2.25. The highest BCUT2D eigenvalue weighted by molar-refractivity contribution is 5.93. The second-order valence-electron chi connectivity index (χ2n) is 4.83. The van der Waals surface area contributed by atoms with Crippen LogP contribution < -0.4 is 21.7 Å². The standard InChI is InChI=1S/C12H22N4O7/c1-5(17)9(11(22)14-4-8(20)21)16-12(23)10(6(2)18)15-7(19)3-13/h5-6,9-10,17-18H,3-4,13H2,1-2H3,(H,14,22)(H,15,19)(H,16,23)(H,20,21). The molecule has 0 aromatic rings. The van der Waals surface area contributed by atoms with Gasteiger partial charge < -0.3 is 37.0 Å². The van der Waals surface area contributed by atoms with Gasteiger partial charge in [-0.15, -0.1) is 0 Å². The van der Waals surface area contributed by atoms with Gasteiger partial charge in [-0.25, -0.2) is 0 Å². The Morgan fingerprint density at radius 1 is 0.957 bits per heavy atom. The van der Waals surface area contributed by atoms with E-state index >= 15 is 0 Å². The maximum absolute atomic E-state index is 12.1. The molecule has 4 atom stereocenters. The van der Waals surface area contributed by atoms with Crippen molar-refractivity contribution < 1.29 is 34.5 Å². The van der Waals surface area contributed by atoms with Crippen LogP contribution in [0.3, 0.4) is 0 Å². The van der Waals surface area contributed by atoms with Crippen molar-refractivity contribution >= 4 is 23.7 Å². The number of carbonyl (C=O) groups excluding carboxylic acids is 3. The summed E-state index contributed by atoms with van der Waals surface area (Å²) in [5, 5.41) is 33.9. The molecule has 8 N–H and O–H groups in total. The van der Waals surface area contributed by atoms with Crippen molar-refractivity contribution in [3.05, 3.63) is 0 Å². The molecule has 0 rings (SSSR count). The molecule has 0 spiro atoms. The third-order valence-corrected chi connectivity index (χ3v) is 2.74. The first kappa shape index (κ1) is 20.8. The van der Waals surface area contributed by atoms with E-state index in [0.717, 1.165) is 0 Å². The van der Waals surface area contributed by atoms with E-state index < -0.39 is 61.1 Å². The largest absolute Gasteiger partial charge is 0.480 e. The van der Waals surface area contributed by atoms with E-state index in [-0.39, 0.29) is 0 Å². The van der Waals surface area contributed by atoms with E-state index in [1.165, 1.54) is 13.8 Å². The maximum atomic E-state index is 12.1. The summed E-state index contributed by atoms with van der Waals surface area (Å²) < 4.78 is 0. The highest BCUT2D eigenvalue weighted by atomic mass is 16.4. The summed E-state index contributed by atoms with van der Waals surface area (Å²) in [5.41, 5.74) is 5.10. The second-order valence-corrected chi connectivity index (χ2v) is 4.83. The van der Waals surface area contributed by atoms with Crippen LogP contribution in [0, 0.1) is 0 Å². The SMILES string of the molecule is CC(O)C(NC(=O)CN)C(=O)NC(C(=O)NCC(=O)O)C(C)O. The molecule has 0 aliphatic rings. The first-order valence-corrected chi connectivity index (χ1v) is 6.75. The highest BCUT2D eigenvalue weighted by Crippen LogP contribution is 1.99. The van der Waals surface area contributed by atoms with Crippen LogP contribution in [-0.4, -0.2) is 76.4 Å². The summed E-state index contributed by atoms with van der Waals surface area (Å²) in [7, 11) is 0. The van der Waals surface area contributed by atoms with E-state index in [1.54, 1.807) is 0 Å². The van der Waals surface area contributed by atoms with Gasteiger partial charge in [0.15, 0.2) is 0 Å². The van der Waals surface area contributed by atoms with Crippen LogP contribution in [-0.2, 0) is 19.2 Å². The van der Waals surface area contributed by atoms with E-state index in [0.29, 0.717) is 0 Å². The zero-order valence-electron chi connectivity index (χ0n) is 12.8. The maximum Gasteiger partial charge on any atom is 0.322 e. The molecule has 4 unspecified atom stereocenters. The van der Waals surface area contributed by atoms with Crippen molar-refractivity contribution in [2.24, 2.45) is 5.73 Å². The van der Waals surface area contributed by atoms with Gasteiger partial charge in [-0.2, -0.15) is 0 Å². The molecule has 3 amide bonds. The number of aliphatic carboxylic acids is 1. The summed E-state index contributed by atoms with van der Waals surface area (Å²) in [5.74, 6) is -3.86. The van der Waals surface area contributed by atoms with Crippen LogP contribution in [0.2, 0.25) is 0 Å². The molecule has 0 radical (unpaired) electrons. The first-order chi connectivity index (χ1) is 10.6. The summed E-state index contributed by atoms with van der Waals surface area (Å²) in [4.78, 5) is 45.5. The molecule has 0 aromatic heterocycles.